The van der Waals surface area contributed by atoms with Gasteiger partial charge in [-0.05, 0) is 0 Å². The molecule has 6 aliphatic rings. The minimum Gasteiger partial charge on any atom is -0.394 e. The van der Waals surface area contributed by atoms with Gasteiger partial charge in [0, 0.05) is 0 Å². The van der Waals surface area contributed by atoms with Gasteiger partial charge in [0.2, 0.25) is 0 Å². The highest BCUT2D eigenvalue weighted by atomic mass is 16.8. The number of ether oxygens (including phenoxy) is 11. The summed E-state index contributed by atoms with van der Waals surface area (Å²) < 4.78 is 60.7. The average Bonchev–Trinajstić information content (AvgIpc) is 3.80. The molecule has 30 atom stereocenters. The zero-order valence-corrected chi connectivity index (χ0v) is 35.0. The van der Waals surface area contributed by atoms with Crippen molar-refractivity contribution in [2.45, 2.75) is 184 Å². The Bertz CT molecular complexity index is 1500. The molecule has 0 saturated carbocycles. The molecule has 6 heterocycles. The van der Waals surface area contributed by atoms with Crippen LogP contribution >= 0.6 is 0 Å². The first-order valence-corrected chi connectivity index (χ1v) is 21.1. The van der Waals surface area contributed by atoms with Crippen LogP contribution in [0.1, 0.15) is 0 Å². The van der Waals surface area contributed by atoms with Crippen molar-refractivity contribution >= 4 is 0 Å². The third kappa shape index (κ3) is 11.5. The molecule has 0 aromatic heterocycles. The van der Waals surface area contributed by atoms with Crippen molar-refractivity contribution in [3.63, 3.8) is 0 Å². The molecule has 31 heteroatoms. The van der Waals surface area contributed by atoms with Gasteiger partial charge in [0.1, 0.15) is 146 Å². The van der Waals surface area contributed by atoms with Gasteiger partial charge in [-0.1, -0.05) is 0 Å². The fraction of sp³-hybridized carbons (Fsp3) is 1.00. The second kappa shape index (κ2) is 23.5. The molecule has 0 aromatic carbocycles. The topological polar surface area (TPSA) is 506 Å². The summed E-state index contributed by atoms with van der Waals surface area (Å²) in [4.78, 5) is 0. The molecule has 67 heavy (non-hydrogen) atoms. The van der Waals surface area contributed by atoms with Gasteiger partial charge in [-0.3, -0.25) is 0 Å². The Kier molecular flexibility index (Phi) is 19.4. The lowest BCUT2D eigenvalue weighted by Crippen LogP contribution is -2.64. The number of hydrogen-bond donors (Lipinski definition) is 20. The molecule has 6 rings (SSSR count). The molecule has 0 spiro atoms. The Morgan fingerprint density at radius 1 is 0.343 bits per heavy atom. The van der Waals surface area contributed by atoms with Crippen molar-refractivity contribution in [2.24, 2.45) is 0 Å². The van der Waals surface area contributed by atoms with Gasteiger partial charge >= 0.3 is 0 Å². The maximum atomic E-state index is 11.5. The van der Waals surface area contributed by atoms with E-state index in [9.17, 15) is 102 Å². The van der Waals surface area contributed by atoms with E-state index < -0.39 is 224 Å². The van der Waals surface area contributed by atoms with Crippen LogP contribution in [0.3, 0.4) is 0 Å². The van der Waals surface area contributed by atoms with Crippen molar-refractivity contribution in [3.8, 4) is 0 Å². The molecular weight excluding hydrogens is 928 g/mol. The normalized spacial score (nSPS) is 51.8. The SMILES string of the molecule is OC[C@@H](O)[C@@H]1O[C@@H](OC[C@@H](O)[C@@H]2O[C@@H](OC[C@H]3OC(O)[C@H](O[C@H]4O[C@H](CO)[C@@H](O)[C@H](O)[C@H]4O)[C@@H](O)[C@H]3O)[C@H](O[C@H]3O[C@H](CO)[C@@H](O)[C@H](O)[C@H]3O)[C@H]2O)[C@H](O[C@H]2O[C@H](CO)[C@@H](O)[C@H](O)[C@H]2O)[C@H]1O. The number of hydrogen-bond acceptors (Lipinski definition) is 31. The van der Waals surface area contributed by atoms with Crippen LogP contribution in [0.25, 0.3) is 0 Å². The monoisotopic (exact) mass is 990 g/mol. The van der Waals surface area contributed by atoms with Crippen LogP contribution in [0.2, 0.25) is 0 Å². The summed E-state index contributed by atoms with van der Waals surface area (Å²) in [5.74, 6) is 0. The van der Waals surface area contributed by atoms with E-state index in [4.69, 9.17) is 52.1 Å². The van der Waals surface area contributed by atoms with Gasteiger partial charge in [-0.25, -0.2) is 0 Å². The Morgan fingerprint density at radius 3 is 1.12 bits per heavy atom. The van der Waals surface area contributed by atoms with Gasteiger partial charge in [-0.2, -0.15) is 0 Å². The van der Waals surface area contributed by atoms with E-state index in [0.29, 0.717) is 0 Å². The second-order valence-electron chi connectivity index (χ2n) is 16.8. The van der Waals surface area contributed by atoms with Crippen LogP contribution in [-0.4, -0.2) is 326 Å². The zero-order valence-electron chi connectivity index (χ0n) is 35.0. The van der Waals surface area contributed by atoms with Crippen molar-refractivity contribution < 1.29 is 154 Å². The highest BCUT2D eigenvalue weighted by Gasteiger charge is 2.57. The number of aliphatic hydroxyl groups is 20. The molecule has 0 amide bonds. The molecule has 0 aliphatic carbocycles. The van der Waals surface area contributed by atoms with Crippen molar-refractivity contribution in [1.82, 2.24) is 0 Å². The fourth-order valence-corrected chi connectivity index (χ4v) is 8.31. The average molecular weight is 991 g/mol. The Labute approximate surface area is 378 Å². The summed E-state index contributed by atoms with van der Waals surface area (Å²) in [5.41, 5.74) is 0. The Hall–Kier alpha value is -1.24. The molecule has 392 valence electrons. The van der Waals surface area contributed by atoms with E-state index >= 15 is 0 Å². The molecule has 6 fully saturated rings. The van der Waals surface area contributed by atoms with Crippen LogP contribution in [-0.2, 0) is 52.1 Å². The van der Waals surface area contributed by atoms with Crippen molar-refractivity contribution in [2.75, 3.05) is 39.6 Å². The van der Waals surface area contributed by atoms with Gasteiger partial charge in [0.05, 0.1) is 39.6 Å². The zero-order chi connectivity index (χ0) is 49.3. The quantitative estimate of drug-likeness (QED) is 0.0606. The third-order valence-electron chi connectivity index (χ3n) is 12.3. The first-order valence-electron chi connectivity index (χ1n) is 21.1. The summed E-state index contributed by atoms with van der Waals surface area (Å²) in [6.07, 6.45) is -55.8. The lowest BCUT2D eigenvalue weighted by atomic mass is 9.97. The predicted molar refractivity (Wildman–Crippen MR) is 199 cm³/mol. The fourth-order valence-electron chi connectivity index (χ4n) is 8.31. The highest BCUT2D eigenvalue weighted by molar-refractivity contribution is 4.99. The van der Waals surface area contributed by atoms with Crippen LogP contribution in [0.5, 0.6) is 0 Å². The maximum Gasteiger partial charge on any atom is 0.187 e. The molecule has 0 bridgehead atoms. The minimum absolute atomic E-state index is 0.844. The number of rotatable bonds is 18. The maximum absolute atomic E-state index is 11.5. The standard InChI is InChI=1S/C36H62O31/c37-1-7(41)26-24(54)29(66-33-22(52)18(48)14(44)10(3-39)61-33)35(63-26)57-5-8(42)27-25(55)30(67-34-23(53)19(49)15(45)11(4-40)62-34)36(64-27)58-6-12-16(46)20(50)28(31(56)59-12)65-32-21(51)17(47)13(43)9(2-38)60-32/h7-56H,1-6H2/t7-,8-,9-,10-,11-,12-,13-,14-,15-,16+,17+,18+,19+,20+,21-,22-,23-,24+,25+,26+,27+,28-,29-,30-,31?,32-,33-,34-,35-,36-/m1/s1. The third-order valence-corrected chi connectivity index (χ3v) is 12.3. The summed E-state index contributed by atoms with van der Waals surface area (Å²) in [5, 5.41) is 208. The second-order valence-corrected chi connectivity index (χ2v) is 16.8. The van der Waals surface area contributed by atoms with Gasteiger partial charge in [0.25, 0.3) is 0 Å². The van der Waals surface area contributed by atoms with Crippen LogP contribution in [0.15, 0.2) is 0 Å². The highest BCUT2D eigenvalue weighted by Crippen LogP contribution is 2.36. The summed E-state index contributed by atoms with van der Waals surface area (Å²) >= 11 is 0. The summed E-state index contributed by atoms with van der Waals surface area (Å²) in [6.45, 7) is -5.36. The van der Waals surface area contributed by atoms with E-state index in [2.05, 4.69) is 0 Å². The molecule has 0 radical (unpaired) electrons. The lowest BCUT2D eigenvalue weighted by Gasteiger charge is -2.45. The molecule has 6 aliphatic heterocycles. The van der Waals surface area contributed by atoms with E-state index in [1.165, 1.54) is 0 Å². The largest absolute Gasteiger partial charge is 0.394 e. The molecular formula is C36H62O31. The van der Waals surface area contributed by atoms with Crippen molar-refractivity contribution in [1.29, 1.82) is 0 Å². The van der Waals surface area contributed by atoms with Crippen molar-refractivity contribution in [3.05, 3.63) is 0 Å². The smallest absolute Gasteiger partial charge is 0.187 e. The van der Waals surface area contributed by atoms with Gasteiger partial charge in [-0.15, -0.1) is 0 Å². The minimum atomic E-state index is -2.15. The predicted octanol–water partition coefficient (Wildman–Crippen LogP) is -14.1. The van der Waals surface area contributed by atoms with E-state index in [1.807, 2.05) is 0 Å². The molecule has 6 saturated heterocycles. The molecule has 31 nitrogen and oxygen atoms in total. The molecule has 1 unspecified atom stereocenters. The number of aliphatic hydroxyl groups excluding tert-OH is 20. The Balaban J connectivity index is 1.15. The lowest BCUT2D eigenvalue weighted by molar-refractivity contribution is -0.365. The van der Waals surface area contributed by atoms with Crippen LogP contribution in [0.4, 0.5) is 0 Å². The Morgan fingerprint density at radius 2 is 0.716 bits per heavy atom. The van der Waals surface area contributed by atoms with E-state index in [-0.39, 0.29) is 0 Å². The van der Waals surface area contributed by atoms with Crippen LogP contribution < -0.4 is 0 Å². The summed E-state index contributed by atoms with van der Waals surface area (Å²) in [6, 6.07) is 0. The van der Waals surface area contributed by atoms with Gasteiger partial charge in [0.15, 0.2) is 37.7 Å². The molecule has 0 aromatic rings. The van der Waals surface area contributed by atoms with Gasteiger partial charge < -0.3 is 154 Å². The van der Waals surface area contributed by atoms with E-state index in [0.717, 1.165) is 0 Å². The first-order chi connectivity index (χ1) is 31.7. The van der Waals surface area contributed by atoms with E-state index in [1.54, 1.807) is 0 Å². The summed E-state index contributed by atoms with van der Waals surface area (Å²) in [7, 11) is 0. The van der Waals surface area contributed by atoms with Crippen LogP contribution in [0, 0.1) is 0 Å². The first kappa shape index (κ1) is 55.1. The molecule has 20 N–H and O–H groups in total.